The van der Waals surface area contributed by atoms with Gasteiger partial charge in [-0.3, -0.25) is 19.2 Å². The van der Waals surface area contributed by atoms with Gasteiger partial charge in [0.15, 0.2) is 5.78 Å². The van der Waals surface area contributed by atoms with Crippen LogP contribution in [0.1, 0.15) is 42.0 Å². The summed E-state index contributed by atoms with van der Waals surface area (Å²) in [6.07, 6.45) is 2.44. The van der Waals surface area contributed by atoms with E-state index in [-0.39, 0.29) is 67.7 Å². The number of ether oxygens (including phenoxy) is 1. The molecule has 5 rings (SSSR count). The number of amides is 3. The van der Waals surface area contributed by atoms with Crippen molar-refractivity contribution in [2.75, 3.05) is 19.7 Å². The molecule has 278 valence electrons. The first-order valence-electron chi connectivity index (χ1n) is 17.7. The van der Waals surface area contributed by atoms with Crippen LogP contribution in [0.25, 0.3) is 12.2 Å². The fourth-order valence-corrected chi connectivity index (χ4v) is 6.04. The SMILES string of the molecule is CCOC(=O)[C@H](Cc1ccccc1)NC(=O)[C@H](Cc1ccccc1)NC(=O)CCC(=O)N1C/C(=C\c2ccccc2F)C(=O)/C(=C/c2ccccc2F)C1. The number of hydrogen-bond acceptors (Lipinski definition) is 6. The molecular weight excluding hydrogens is 692 g/mol. The normalized spacial score (nSPS) is 15.4. The maximum atomic E-state index is 14.6. The van der Waals surface area contributed by atoms with Crippen LogP contribution in [-0.2, 0) is 41.6 Å². The highest BCUT2D eigenvalue weighted by Crippen LogP contribution is 2.24. The predicted molar refractivity (Wildman–Crippen MR) is 200 cm³/mol. The van der Waals surface area contributed by atoms with Crippen molar-refractivity contribution in [2.45, 2.75) is 44.7 Å². The molecule has 54 heavy (non-hydrogen) atoms. The molecule has 0 bridgehead atoms. The van der Waals surface area contributed by atoms with Crippen LogP contribution in [0.15, 0.2) is 120 Å². The first kappa shape index (κ1) is 39.0. The zero-order chi connectivity index (χ0) is 38.5. The monoisotopic (exact) mass is 733 g/mol. The van der Waals surface area contributed by atoms with Crippen molar-refractivity contribution < 1.29 is 37.5 Å². The number of carbonyl (C=O) groups is 5. The van der Waals surface area contributed by atoms with E-state index in [4.69, 9.17) is 4.74 Å². The minimum atomic E-state index is -1.10. The van der Waals surface area contributed by atoms with Gasteiger partial charge in [-0.25, -0.2) is 13.6 Å². The molecule has 2 N–H and O–H groups in total. The molecule has 4 aromatic rings. The Morgan fingerprint density at radius 3 is 1.67 bits per heavy atom. The van der Waals surface area contributed by atoms with Gasteiger partial charge in [0, 0.05) is 61.0 Å². The number of hydrogen-bond donors (Lipinski definition) is 2. The van der Waals surface area contributed by atoms with E-state index in [1.54, 1.807) is 43.3 Å². The van der Waals surface area contributed by atoms with Crippen LogP contribution in [0.4, 0.5) is 8.78 Å². The van der Waals surface area contributed by atoms with E-state index in [9.17, 15) is 32.8 Å². The van der Waals surface area contributed by atoms with Gasteiger partial charge in [0.05, 0.1) is 6.61 Å². The number of Topliss-reactive ketones (excluding diaryl/α,β-unsaturated/α-hetero) is 1. The largest absolute Gasteiger partial charge is 0.464 e. The Morgan fingerprint density at radius 1 is 0.685 bits per heavy atom. The molecule has 0 radical (unpaired) electrons. The third-order valence-electron chi connectivity index (χ3n) is 8.80. The minimum absolute atomic E-state index is 0.107. The quantitative estimate of drug-likeness (QED) is 0.128. The van der Waals surface area contributed by atoms with Crippen molar-refractivity contribution in [3.8, 4) is 0 Å². The third-order valence-corrected chi connectivity index (χ3v) is 8.80. The van der Waals surface area contributed by atoms with Gasteiger partial charge in [-0.1, -0.05) is 97.1 Å². The van der Waals surface area contributed by atoms with Crippen molar-refractivity contribution in [1.29, 1.82) is 0 Å². The van der Waals surface area contributed by atoms with Gasteiger partial charge in [-0.05, 0) is 42.3 Å². The Kier molecular flexibility index (Phi) is 13.7. The van der Waals surface area contributed by atoms with Crippen LogP contribution in [-0.4, -0.2) is 66.2 Å². The van der Waals surface area contributed by atoms with Crippen LogP contribution in [0.5, 0.6) is 0 Å². The number of rotatable bonds is 14. The van der Waals surface area contributed by atoms with Gasteiger partial charge >= 0.3 is 5.97 Å². The van der Waals surface area contributed by atoms with E-state index in [0.29, 0.717) is 0 Å². The van der Waals surface area contributed by atoms with E-state index >= 15 is 0 Å². The fourth-order valence-electron chi connectivity index (χ4n) is 6.04. The number of halogens is 2. The molecule has 0 unspecified atom stereocenters. The van der Waals surface area contributed by atoms with Gasteiger partial charge in [0.1, 0.15) is 23.7 Å². The maximum Gasteiger partial charge on any atom is 0.328 e. The highest BCUT2D eigenvalue weighted by atomic mass is 19.1. The van der Waals surface area contributed by atoms with E-state index in [1.807, 2.05) is 36.4 Å². The molecule has 1 aliphatic rings. The maximum absolute atomic E-state index is 14.6. The topological polar surface area (TPSA) is 122 Å². The van der Waals surface area contributed by atoms with Gasteiger partial charge in [0.2, 0.25) is 17.7 Å². The van der Waals surface area contributed by atoms with Crippen LogP contribution < -0.4 is 10.6 Å². The molecule has 0 saturated carbocycles. The number of benzene rings is 4. The second-order valence-electron chi connectivity index (χ2n) is 12.8. The summed E-state index contributed by atoms with van der Waals surface area (Å²) in [7, 11) is 0. The predicted octanol–water partition coefficient (Wildman–Crippen LogP) is 5.64. The number of piperidine rings is 1. The number of ketones is 1. The van der Waals surface area contributed by atoms with E-state index in [0.717, 1.165) is 11.1 Å². The van der Waals surface area contributed by atoms with Crippen LogP contribution in [0.2, 0.25) is 0 Å². The summed E-state index contributed by atoms with van der Waals surface area (Å²) in [6, 6.07) is 27.8. The molecule has 9 nitrogen and oxygen atoms in total. The number of nitrogens with zero attached hydrogens (tertiary/aromatic N) is 1. The Morgan fingerprint density at radius 2 is 1.17 bits per heavy atom. The lowest BCUT2D eigenvalue weighted by Gasteiger charge is -2.30. The van der Waals surface area contributed by atoms with Gasteiger partial charge in [-0.15, -0.1) is 0 Å². The van der Waals surface area contributed by atoms with E-state index in [2.05, 4.69) is 10.6 Å². The first-order valence-corrected chi connectivity index (χ1v) is 17.7. The van der Waals surface area contributed by atoms with Crippen molar-refractivity contribution in [3.63, 3.8) is 0 Å². The van der Waals surface area contributed by atoms with E-state index < -0.39 is 53.2 Å². The molecule has 11 heteroatoms. The van der Waals surface area contributed by atoms with Crippen LogP contribution in [0.3, 0.4) is 0 Å². The Bertz CT molecular complexity index is 1970. The number of esters is 1. The second kappa shape index (κ2) is 19.0. The lowest BCUT2D eigenvalue weighted by Crippen LogP contribution is -2.53. The molecule has 1 fully saturated rings. The molecule has 0 aliphatic carbocycles. The molecule has 4 aromatic carbocycles. The summed E-state index contributed by atoms with van der Waals surface area (Å²) >= 11 is 0. The molecule has 1 heterocycles. The average molecular weight is 734 g/mol. The van der Waals surface area contributed by atoms with E-state index in [1.165, 1.54) is 53.5 Å². The zero-order valence-corrected chi connectivity index (χ0v) is 29.8. The molecule has 3 amide bonds. The summed E-state index contributed by atoms with van der Waals surface area (Å²) in [4.78, 5) is 68.5. The fraction of sp³-hybridized carbons (Fsp3) is 0.233. The lowest BCUT2D eigenvalue weighted by molar-refractivity contribution is -0.147. The summed E-state index contributed by atoms with van der Waals surface area (Å²) in [5, 5.41) is 5.48. The van der Waals surface area contributed by atoms with Crippen LogP contribution >= 0.6 is 0 Å². The number of likely N-dealkylation sites (tertiary alicyclic amines) is 1. The minimum Gasteiger partial charge on any atom is -0.464 e. The lowest BCUT2D eigenvalue weighted by atomic mass is 9.93. The highest BCUT2D eigenvalue weighted by Gasteiger charge is 2.31. The smallest absolute Gasteiger partial charge is 0.328 e. The van der Waals surface area contributed by atoms with Crippen molar-refractivity contribution in [1.82, 2.24) is 15.5 Å². The van der Waals surface area contributed by atoms with Crippen molar-refractivity contribution >= 4 is 41.6 Å². The van der Waals surface area contributed by atoms with Crippen LogP contribution in [0, 0.1) is 11.6 Å². The standard InChI is InChI=1S/C43H41F2N3O6/c1-2-54-43(53)38(24-30-15-7-4-8-16-30)47-42(52)37(23-29-13-5-3-6-14-29)46-39(49)21-22-40(50)48-27-33(25-31-17-9-11-19-35(31)44)41(51)34(28-48)26-32-18-10-12-20-36(32)45/h3-20,25-26,37-38H,2,21-24,27-28H2,1H3,(H,46,49)(H,47,52)/b33-25+,34-26+/t37-,38-/m0/s1. The van der Waals surface area contributed by atoms with Crippen molar-refractivity contribution in [2.24, 2.45) is 0 Å². The molecule has 1 saturated heterocycles. The summed E-state index contributed by atoms with van der Waals surface area (Å²) in [5.74, 6) is -3.85. The van der Waals surface area contributed by atoms with Gasteiger partial charge in [-0.2, -0.15) is 0 Å². The van der Waals surface area contributed by atoms with Gasteiger partial charge in [0.25, 0.3) is 0 Å². The number of carbonyl (C=O) groups excluding carboxylic acids is 5. The average Bonchev–Trinajstić information content (AvgIpc) is 3.17. The molecule has 1 aliphatic heterocycles. The second-order valence-corrected chi connectivity index (χ2v) is 12.8. The molecule has 0 aromatic heterocycles. The third kappa shape index (κ3) is 10.9. The molecule has 2 atom stereocenters. The Balaban J connectivity index is 1.31. The first-order chi connectivity index (χ1) is 26.1. The number of nitrogens with one attached hydrogen (secondary N) is 2. The zero-order valence-electron chi connectivity index (χ0n) is 29.8. The van der Waals surface area contributed by atoms with Crippen molar-refractivity contribution in [3.05, 3.63) is 154 Å². The molecule has 0 spiro atoms. The Labute approximate surface area is 312 Å². The van der Waals surface area contributed by atoms with Gasteiger partial charge < -0.3 is 20.3 Å². The highest BCUT2D eigenvalue weighted by molar-refractivity contribution is 6.15. The Hall–Kier alpha value is -6.23. The summed E-state index contributed by atoms with van der Waals surface area (Å²) in [6.45, 7) is 1.47. The summed E-state index contributed by atoms with van der Waals surface area (Å²) in [5.41, 5.74) is 2.10. The molecular formula is C43H41F2N3O6. The summed E-state index contributed by atoms with van der Waals surface area (Å²) < 4.78 is 34.4.